The number of nitrogens with zero attached hydrogens (tertiary/aromatic N) is 1. The SMILES string of the molecule is c1ccc2c(c1)-c1cc3oc4cc(-c5ccc6c7ccccc7n(-c7ccc8c(c7)sc7ccccc78)c6c5)ccc4c3cc1C21CCCCC1. The highest BCUT2D eigenvalue weighted by molar-refractivity contribution is 7.25. The minimum Gasteiger partial charge on any atom is -0.456 e. The van der Waals surface area contributed by atoms with Crippen LogP contribution in [0.3, 0.4) is 0 Å². The Morgan fingerprint density at radius 1 is 0.471 bits per heavy atom. The van der Waals surface area contributed by atoms with E-state index >= 15 is 0 Å². The fourth-order valence-corrected chi connectivity index (χ4v) is 11.0. The highest BCUT2D eigenvalue weighted by Gasteiger charge is 2.44. The molecule has 10 aromatic rings. The van der Waals surface area contributed by atoms with Crippen LogP contribution in [-0.2, 0) is 5.41 Å². The van der Waals surface area contributed by atoms with Crippen molar-refractivity contribution >= 4 is 75.3 Å². The van der Waals surface area contributed by atoms with Gasteiger partial charge in [-0.3, -0.25) is 0 Å². The summed E-state index contributed by atoms with van der Waals surface area (Å²) in [5, 5.41) is 7.63. The third kappa shape index (κ3) is 3.82. The summed E-state index contributed by atoms with van der Waals surface area (Å²) in [5.41, 5.74) is 13.9. The van der Waals surface area contributed by atoms with E-state index in [1.54, 1.807) is 0 Å². The Morgan fingerprint density at radius 3 is 2.10 bits per heavy atom. The van der Waals surface area contributed by atoms with Gasteiger partial charge >= 0.3 is 0 Å². The van der Waals surface area contributed by atoms with Gasteiger partial charge in [-0.05, 0) is 101 Å². The van der Waals surface area contributed by atoms with E-state index in [0.717, 1.165) is 11.2 Å². The highest BCUT2D eigenvalue weighted by Crippen LogP contribution is 2.57. The van der Waals surface area contributed by atoms with Crippen LogP contribution in [0.4, 0.5) is 0 Å². The lowest BCUT2D eigenvalue weighted by Gasteiger charge is -2.35. The highest BCUT2D eigenvalue weighted by atomic mass is 32.1. The predicted molar refractivity (Wildman–Crippen MR) is 216 cm³/mol. The van der Waals surface area contributed by atoms with Gasteiger partial charge < -0.3 is 8.98 Å². The van der Waals surface area contributed by atoms with Gasteiger partial charge in [0.25, 0.3) is 0 Å². The van der Waals surface area contributed by atoms with Crippen molar-refractivity contribution in [3.8, 4) is 27.9 Å². The molecule has 0 radical (unpaired) electrons. The molecule has 2 aliphatic rings. The van der Waals surface area contributed by atoms with Crippen molar-refractivity contribution < 1.29 is 4.42 Å². The summed E-state index contributed by atoms with van der Waals surface area (Å²) in [6, 6.07) is 52.2. The normalized spacial score (nSPS) is 15.2. The lowest BCUT2D eigenvalue weighted by Crippen LogP contribution is -2.27. The summed E-state index contributed by atoms with van der Waals surface area (Å²) in [6.45, 7) is 0. The first-order valence-electron chi connectivity index (χ1n) is 18.3. The average Bonchev–Trinajstić information content (AvgIpc) is 3.91. The maximum absolute atomic E-state index is 6.72. The first kappa shape index (κ1) is 28.1. The van der Waals surface area contributed by atoms with Crippen molar-refractivity contribution in [2.24, 2.45) is 0 Å². The zero-order valence-corrected chi connectivity index (χ0v) is 28.9. The molecular formula is C48H33NOS. The maximum atomic E-state index is 6.72. The molecule has 1 spiro atoms. The number of fused-ring (bicyclic) bond motifs is 14. The van der Waals surface area contributed by atoms with E-state index in [1.165, 1.54) is 124 Å². The van der Waals surface area contributed by atoms with Gasteiger partial charge in [0.15, 0.2) is 0 Å². The van der Waals surface area contributed by atoms with Crippen molar-refractivity contribution in [3.63, 3.8) is 0 Å². The van der Waals surface area contributed by atoms with E-state index in [2.05, 4.69) is 144 Å². The second-order valence-electron chi connectivity index (χ2n) is 14.8. The van der Waals surface area contributed by atoms with Gasteiger partial charge in [-0.2, -0.15) is 0 Å². The van der Waals surface area contributed by atoms with Crippen LogP contribution in [0.2, 0.25) is 0 Å². The largest absolute Gasteiger partial charge is 0.456 e. The molecule has 242 valence electrons. The Kier molecular flexibility index (Phi) is 5.63. The van der Waals surface area contributed by atoms with Gasteiger partial charge in [-0.1, -0.05) is 104 Å². The van der Waals surface area contributed by atoms with Crippen molar-refractivity contribution in [2.75, 3.05) is 0 Å². The van der Waals surface area contributed by atoms with Gasteiger partial charge in [-0.25, -0.2) is 0 Å². The number of para-hydroxylation sites is 1. The molecule has 1 saturated carbocycles. The molecule has 7 aromatic carbocycles. The van der Waals surface area contributed by atoms with Crippen molar-refractivity contribution in [3.05, 3.63) is 151 Å². The van der Waals surface area contributed by atoms with Crippen LogP contribution >= 0.6 is 11.3 Å². The van der Waals surface area contributed by atoms with E-state index in [0.29, 0.717) is 0 Å². The Bertz CT molecular complexity index is 3070. The molecule has 2 aliphatic carbocycles. The van der Waals surface area contributed by atoms with Gasteiger partial charge in [0.1, 0.15) is 11.2 Å². The number of hydrogen-bond donors (Lipinski definition) is 0. The molecule has 0 N–H and O–H groups in total. The van der Waals surface area contributed by atoms with E-state index in [4.69, 9.17) is 4.42 Å². The van der Waals surface area contributed by atoms with Gasteiger partial charge in [0.05, 0.1) is 11.0 Å². The number of rotatable bonds is 2. The molecule has 0 amide bonds. The third-order valence-electron chi connectivity index (χ3n) is 12.2. The van der Waals surface area contributed by atoms with Crippen LogP contribution in [-0.4, -0.2) is 4.57 Å². The Hall–Kier alpha value is -5.64. The van der Waals surface area contributed by atoms with Crippen LogP contribution in [0.25, 0.3) is 91.9 Å². The Balaban J connectivity index is 1.02. The van der Waals surface area contributed by atoms with Gasteiger partial charge in [0.2, 0.25) is 0 Å². The number of hydrogen-bond acceptors (Lipinski definition) is 2. The summed E-state index contributed by atoms with van der Waals surface area (Å²) in [4.78, 5) is 0. The topological polar surface area (TPSA) is 18.1 Å². The van der Waals surface area contributed by atoms with Crippen LogP contribution in [0, 0.1) is 0 Å². The molecular weight excluding hydrogens is 639 g/mol. The average molecular weight is 672 g/mol. The fraction of sp³-hybridized carbons (Fsp3) is 0.125. The Labute approximate surface area is 299 Å². The molecule has 3 heterocycles. The molecule has 0 unspecified atom stereocenters. The number of thiophene rings is 1. The number of aromatic nitrogens is 1. The molecule has 3 aromatic heterocycles. The van der Waals surface area contributed by atoms with E-state index < -0.39 is 0 Å². The molecule has 3 heteroatoms. The second-order valence-corrected chi connectivity index (χ2v) is 15.8. The standard InChI is InChI=1S/C48H33NOS/c1-8-22-48(23-9-1)40-13-5-2-10-32(40)38-28-45-39(27-41(38)48)35-20-17-30(25-44(35)50-45)29-16-19-34-33-11-3-6-14-42(33)49(43(34)24-29)31-18-21-37-36-12-4-7-15-46(36)51-47(37)26-31/h2-7,10-21,24-28H,1,8-9,22-23H2. The molecule has 0 aliphatic heterocycles. The molecule has 12 rings (SSSR count). The predicted octanol–water partition coefficient (Wildman–Crippen LogP) is 13.9. The lowest BCUT2D eigenvalue weighted by molar-refractivity contribution is 0.353. The molecule has 0 atom stereocenters. The number of furan rings is 1. The van der Waals surface area contributed by atoms with E-state index in [1.807, 2.05) is 11.3 Å². The summed E-state index contributed by atoms with van der Waals surface area (Å²) >= 11 is 1.87. The molecule has 0 bridgehead atoms. The minimum absolute atomic E-state index is 0.136. The summed E-state index contributed by atoms with van der Waals surface area (Å²) in [6.07, 6.45) is 6.40. The quantitative estimate of drug-likeness (QED) is 0.179. The molecule has 51 heavy (non-hydrogen) atoms. The second kappa shape index (κ2) is 10.2. The van der Waals surface area contributed by atoms with Crippen LogP contribution in [0.15, 0.2) is 144 Å². The first-order chi connectivity index (χ1) is 25.2. The molecule has 0 saturated heterocycles. The van der Waals surface area contributed by atoms with Crippen LogP contribution in [0.1, 0.15) is 43.2 Å². The molecule has 1 fully saturated rings. The van der Waals surface area contributed by atoms with Crippen LogP contribution in [0.5, 0.6) is 0 Å². The lowest BCUT2D eigenvalue weighted by atomic mass is 9.68. The smallest absolute Gasteiger partial charge is 0.136 e. The molecule has 2 nitrogen and oxygen atoms in total. The minimum atomic E-state index is 0.136. The van der Waals surface area contributed by atoms with Gasteiger partial charge in [-0.15, -0.1) is 11.3 Å². The van der Waals surface area contributed by atoms with Gasteiger partial charge in [0, 0.05) is 52.8 Å². The summed E-state index contributed by atoms with van der Waals surface area (Å²) < 4.78 is 11.8. The summed E-state index contributed by atoms with van der Waals surface area (Å²) in [5.74, 6) is 0. The maximum Gasteiger partial charge on any atom is 0.136 e. The number of benzene rings is 7. The zero-order valence-electron chi connectivity index (χ0n) is 28.1. The van der Waals surface area contributed by atoms with Crippen LogP contribution < -0.4 is 0 Å². The van der Waals surface area contributed by atoms with E-state index in [9.17, 15) is 0 Å². The van der Waals surface area contributed by atoms with Crippen molar-refractivity contribution in [2.45, 2.75) is 37.5 Å². The van der Waals surface area contributed by atoms with Crippen molar-refractivity contribution in [1.29, 1.82) is 0 Å². The third-order valence-corrected chi connectivity index (χ3v) is 13.3. The fourth-order valence-electron chi connectivity index (χ4n) is 9.88. The van der Waals surface area contributed by atoms with E-state index in [-0.39, 0.29) is 5.41 Å². The summed E-state index contributed by atoms with van der Waals surface area (Å²) in [7, 11) is 0. The zero-order chi connectivity index (χ0) is 33.3. The monoisotopic (exact) mass is 671 g/mol. The van der Waals surface area contributed by atoms with Crippen molar-refractivity contribution in [1.82, 2.24) is 4.57 Å². The first-order valence-corrected chi connectivity index (χ1v) is 19.1. The Morgan fingerprint density at radius 2 is 1.18 bits per heavy atom.